The third-order valence-electron chi connectivity index (χ3n) is 4.40. The number of hydrogen-bond acceptors (Lipinski definition) is 4. The van der Waals surface area contributed by atoms with Crippen LogP contribution in [0.4, 0.5) is 11.6 Å². The number of hydrogen-bond donors (Lipinski definition) is 1. The molecule has 2 saturated heterocycles. The van der Waals surface area contributed by atoms with E-state index in [0.717, 1.165) is 30.8 Å². The van der Waals surface area contributed by atoms with Crippen molar-refractivity contribution in [3.8, 4) is 0 Å². The molecule has 0 spiro atoms. The SMILES string of the molecule is CC(C)(C)Nc1cccc(N2CCN3CCCCC3C2)n1. The third kappa shape index (κ3) is 3.67. The zero-order valence-electron chi connectivity index (χ0n) is 13.6. The number of nitrogens with zero attached hydrogens (tertiary/aromatic N) is 3. The summed E-state index contributed by atoms with van der Waals surface area (Å²) in [6, 6.07) is 7.05. The zero-order chi connectivity index (χ0) is 14.9. The predicted octanol–water partition coefficient (Wildman–Crippen LogP) is 2.97. The van der Waals surface area contributed by atoms with Gasteiger partial charge in [0, 0.05) is 31.2 Å². The first-order valence-corrected chi connectivity index (χ1v) is 8.25. The molecule has 4 heteroatoms. The minimum absolute atomic E-state index is 0.0493. The molecule has 1 N–H and O–H groups in total. The van der Waals surface area contributed by atoms with Gasteiger partial charge in [-0.15, -0.1) is 0 Å². The fourth-order valence-electron chi connectivity index (χ4n) is 3.42. The highest BCUT2D eigenvalue weighted by Crippen LogP contribution is 2.25. The van der Waals surface area contributed by atoms with Gasteiger partial charge < -0.3 is 10.2 Å². The van der Waals surface area contributed by atoms with Gasteiger partial charge in [0.25, 0.3) is 0 Å². The summed E-state index contributed by atoms with van der Waals surface area (Å²) in [5, 5.41) is 3.47. The van der Waals surface area contributed by atoms with Crippen molar-refractivity contribution >= 4 is 11.6 Å². The molecule has 0 saturated carbocycles. The van der Waals surface area contributed by atoms with E-state index < -0.39 is 0 Å². The highest BCUT2D eigenvalue weighted by atomic mass is 15.3. The number of pyridine rings is 1. The van der Waals surface area contributed by atoms with Gasteiger partial charge in [-0.3, -0.25) is 4.90 Å². The second-order valence-corrected chi connectivity index (χ2v) is 7.39. The van der Waals surface area contributed by atoms with Crippen LogP contribution in [0.15, 0.2) is 18.2 Å². The first kappa shape index (κ1) is 14.6. The fourth-order valence-corrected chi connectivity index (χ4v) is 3.42. The van der Waals surface area contributed by atoms with Crippen LogP contribution in [0.25, 0.3) is 0 Å². The minimum atomic E-state index is 0.0493. The summed E-state index contributed by atoms with van der Waals surface area (Å²) < 4.78 is 0. The van der Waals surface area contributed by atoms with Gasteiger partial charge in [0.05, 0.1) is 0 Å². The van der Waals surface area contributed by atoms with Crippen LogP contribution in [0, 0.1) is 0 Å². The Hall–Kier alpha value is -1.29. The number of piperazine rings is 1. The monoisotopic (exact) mass is 288 g/mol. The van der Waals surface area contributed by atoms with E-state index in [4.69, 9.17) is 4.98 Å². The zero-order valence-corrected chi connectivity index (χ0v) is 13.6. The van der Waals surface area contributed by atoms with E-state index in [9.17, 15) is 0 Å². The van der Waals surface area contributed by atoms with Crippen LogP contribution < -0.4 is 10.2 Å². The lowest BCUT2D eigenvalue weighted by Crippen LogP contribution is -2.55. The Morgan fingerprint density at radius 2 is 2.00 bits per heavy atom. The smallest absolute Gasteiger partial charge is 0.131 e. The van der Waals surface area contributed by atoms with Crippen LogP contribution in [-0.2, 0) is 0 Å². The summed E-state index contributed by atoms with van der Waals surface area (Å²) in [6.45, 7) is 11.2. The van der Waals surface area contributed by atoms with Crippen LogP contribution in [0.3, 0.4) is 0 Å². The summed E-state index contributed by atoms with van der Waals surface area (Å²) in [6.07, 6.45) is 4.10. The molecule has 1 aromatic rings. The van der Waals surface area contributed by atoms with Gasteiger partial charge in [0.15, 0.2) is 0 Å². The van der Waals surface area contributed by atoms with Crippen molar-refractivity contribution in [2.45, 2.75) is 51.6 Å². The Labute approximate surface area is 128 Å². The standard InChI is InChI=1S/C17H28N4/c1-17(2,3)19-15-8-6-9-16(18-15)21-12-11-20-10-5-4-7-14(20)13-21/h6,8-9,14H,4-5,7,10-13H2,1-3H3,(H,18,19). The molecular formula is C17H28N4. The fraction of sp³-hybridized carbons (Fsp3) is 0.706. The van der Waals surface area contributed by atoms with Crippen molar-refractivity contribution in [1.82, 2.24) is 9.88 Å². The van der Waals surface area contributed by atoms with E-state index in [-0.39, 0.29) is 5.54 Å². The highest BCUT2D eigenvalue weighted by molar-refractivity contribution is 5.48. The van der Waals surface area contributed by atoms with Crippen LogP contribution >= 0.6 is 0 Å². The Morgan fingerprint density at radius 1 is 1.14 bits per heavy atom. The van der Waals surface area contributed by atoms with Crippen LogP contribution in [0.1, 0.15) is 40.0 Å². The maximum absolute atomic E-state index is 4.82. The molecule has 2 fully saturated rings. The molecule has 1 aromatic heterocycles. The van der Waals surface area contributed by atoms with Crippen LogP contribution in [0.5, 0.6) is 0 Å². The topological polar surface area (TPSA) is 31.4 Å². The summed E-state index contributed by atoms with van der Waals surface area (Å²) >= 11 is 0. The van der Waals surface area contributed by atoms with Crippen molar-refractivity contribution in [2.75, 3.05) is 36.4 Å². The van der Waals surface area contributed by atoms with Gasteiger partial charge in [0.2, 0.25) is 0 Å². The van der Waals surface area contributed by atoms with Gasteiger partial charge >= 0.3 is 0 Å². The average Bonchev–Trinajstić information content (AvgIpc) is 2.45. The molecule has 2 aliphatic heterocycles. The molecular weight excluding hydrogens is 260 g/mol. The maximum Gasteiger partial charge on any atom is 0.131 e. The summed E-state index contributed by atoms with van der Waals surface area (Å²) in [5.41, 5.74) is 0.0493. The predicted molar refractivity (Wildman–Crippen MR) is 89.0 cm³/mol. The molecule has 0 radical (unpaired) electrons. The molecule has 2 aliphatic rings. The minimum Gasteiger partial charge on any atom is -0.365 e. The second-order valence-electron chi connectivity index (χ2n) is 7.39. The summed E-state index contributed by atoms with van der Waals surface area (Å²) in [4.78, 5) is 9.94. The first-order valence-electron chi connectivity index (χ1n) is 8.25. The number of piperidine rings is 1. The molecule has 0 aromatic carbocycles. The quantitative estimate of drug-likeness (QED) is 0.906. The van der Waals surface area contributed by atoms with Gasteiger partial charge in [-0.05, 0) is 52.3 Å². The van der Waals surface area contributed by atoms with Crippen molar-refractivity contribution in [3.05, 3.63) is 18.2 Å². The highest BCUT2D eigenvalue weighted by Gasteiger charge is 2.29. The van der Waals surface area contributed by atoms with Crippen LogP contribution in [0.2, 0.25) is 0 Å². The third-order valence-corrected chi connectivity index (χ3v) is 4.40. The Bertz CT molecular complexity index is 480. The number of fused-ring (bicyclic) bond motifs is 1. The lowest BCUT2D eigenvalue weighted by atomic mass is 9.99. The molecule has 4 nitrogen and oxygen atoms in total. The van der Waals surface area contributed by atoms with Gasteiger partial charge in [-0.2, -0.15) is 0 Å². The molecule has 0 amide bonds. The number of rotatable bonds is 2. The van der Waals surface area contributed by atoms with Crippen LogP contribution in [-0.4, -0.2) is 47.6 Å². The number of nitrogens with one attached hydrogen (secondary N) is 1. The van der Waals surface area contributed by atoms with Gasteiger partial charge in [-0.1, -0.05) is 12.5 Å². The molecule has 1 atom stereocenters. The van der Waals surface area contributed by atoms with E-state index in [0.29, 0.717) is 0 Å². The van der Waals surface area contributed by atoms with Crippen molar-refractivity contribution in [3.63, 3.8) is 0 Å². The van der Waals surface area contributed by atoms with E-state index in [1.54, 1.807) is 0 Å². The molecule has 0 aliphatic carbocycles. The molecule has 3 rings (SSSR count). The van der Waals surface area contributed by atoms with Gasteiger partial charge in [0.1, 0.15) is 11.6 Å². The Balaban J connectivity index is 1.70. The molecule has 116 valence electrons. The van der Waals surface area contributed by atoms with E-state index in [1.807, 2.05) is 0 Å². The van der Waals surface area contributed by atoms with Crippen molar-refractivity contribution in [2.24, 2.45) is 0 Å². The van der Waals surface area contributed by atoms with E-state index >= 15 is 0 Å². The average molecular weight is 288 g/mol. The lowest BCUT2D eigenvalue weighted by molar-refractivity contribution is 0.133. The second kappa shape index (κ2) is 5.84. The summed E-state index contributed by atoms with van der Waals surface area (Å²) in [7, 11) is 0. The van der Waals surface area contributed by atoms with Crippen molar-refractivity contribution in [1.29, 1.82) is 0 Å². The molecule has 3 heterocycles. The Kier molecular flexibility index (Phi) is 4.07. The molecule has 21 heavy (non-hydrogen) atoms. The molecule has 1 unspecified atom stereocenters. The Morgan fingerprint density at radius 3 is 2.81 bits per heavy atom. The largest absolute Gasteiger partial charge is 0.365 e. The van der Waals surface area contributed by atoms with E-state index in [2.05, 4.69) is 54.1 Å². The van der Waals surface area contributed by atoms with Crippen molar-refractivity contribution < 1.29 is 0 Å². The maximum atomic E-state index is 4.82. The van der Waals surface area contributed by atoms with E-state index in [1.165, 1.54) is 32.4 Å². The number of aromatic nitrogens is 1. The first-order chi connectivity index (χ1) is 10.0. The number of anilines is 2. The van der Waals surface area contributed by atoms with Gasteiger partial charge in [-0.25, -0.2) is 4.98 Å². The normalized spacial score (nSPS) is 23.8. The molecule has 0 bridgehead atoms. The lowest BCUT2D eigenvalue weighted by Gasteiger charge is -2.44. The summed E-state index contributed by atoms with van der Waals surface area (Å²) in [5.74, 6) is 2.10.